The summed E-state index contributed by atoms with van der Waals surface area (Å²) < 4.78 is 0. The van der Waals surface area contributed by atoms with E-state index in [0.717, 1.165) is 25.7 Å². The van der Waals surface area contributed by atoms with Crippen LogP contribution >= 0.6 is 0 Å². The Labute approximate surface area is 149 Å². The summed E-state index contributed by atoms with van der Waals surface area (Å²) in [5.41, 5.74) is -0.475. The van der Waals surface area contributed by atoms with Crippen LogP contribution in [0.25, 0.3) is 0 Å². The molecule has 1 saturated carbocycles. The van der Waals surface area contributed by atoms with Gasteiger partial charge in [0.2, 0.25) is 5.91 Å². The fraction of sp³-hybridized carbons (Fsp3) is 0.833. The highest BCUT2D eigenvalue weighted by atomic mass is 16.2. The van der Waals surface area contributed by atoms with Crippen LogP contribution < -0.4 is 10.6 Å². The van der Waals surface area contributed by atoms with Gasteiger partial charge in [-0.2, -0.15) is 0 Å². The summed E-state index contributed by atoms with van der Waals surface area (Å²) in [7, 11) is 0. The molecule has 0 atom stereocenters. The lowest BCUT2D eigenvalue weighted by Gasteiger charge is -2.40. The lowest BCUT2D eigenvalue weighted by molar-refractivity contribution is -0.134. The van der Waals surface area contributed by atoms with Gasteiger partial charge in [-0.15, -0.1) is 0 Å². The van der Waals surface area contributed by atoms with E-state index in [1.54, 1.807) is 0 Å². The van der Waals surface area contributed by atoms with Crippen molar-refractivity contribution in [3.05, 3.63) is 0 Å². The molecular weight excluding hydrogens is 320 g/mol. The van der Waals surface area contributed by atoms with E-state index in [1.807, 2.05) is 4.90 Å². The summed E-state index contributed by atoms with van der Waals surface area (Å²) in [6.07, 6.45) is 3.77. The number of hydrogen-bond acceptors (Lipinski definition) is 4. The van der Waals surface area contributed by atoms with E-state index < -0.39 is 5.54 Å². The van der Waals surface area contributed by atoms with Crippen LogP contribution in [0.3, 0.4) is 0 Å². The Morgan fingerprint density at radius 2 is 1.80 bits per heavy atom. The quantitative estimate of drug-likeness (QED) is 0.736. The Morgan fingerprint density at radius 3 is 2.44 bits per heavy atom. The Kier molecular flexibility index (Phi) is 4.79. The van der Waals surface area contributed by atoms with Crippen molar-refractivity contribution in [2.75, 3.05) is 26.3 Å². The molecule has 3 fully saturated rings. The van der Waals surface area contributed by atoms with Gasteiger partial charge in [0.25, 0.3) is 5.91 Å². The van der Waals surface area contributed by atoms with Gasteiger partial charge in [-0.05, 0) is 37.0 Å². The van der Waals surface area contributed by atoms with E-state index in [4.69, 9.17) is 0 Å². The number of amides is 4. The molecule has 7 heteroatoms. The highest BCUT2D eigenvalue weighted by molar-refractivity contribution is 6.07. The number of nitrogens with zero attached hydrogens (tertiary/aromatic N) is 2. The number of nitrogens with one attached hydrogen (secondary N) is 2. The maximum Gasteiger partial charge on any atom is 0.326 e. The summed E-state index contributed by atoms with van der Waals surface area (Å²) in [6, 6.07) is -0.289. The molecule has 3 rings (SSSR count). The SMILES string of the molecule is CC(C)(C)C1CCC2(CC1)NC(=O)N(CN1CCNC(=O)CC1)C2=O. The Balaban J connectivity index is 1.64. The third kappa shape index (κ3) is 3.66. The van der Waals surface area contributed by atoms with Crippen molar-refractivity contribution in [3.63, 3.8) is 0 Å². The van der Waals surface area contributed by atoms with Crippen molar-refractivity contribution in [1.82, 2.24) is 20.4 Å². The van der Waals surface area contributed by atoms with Gasteiger partial charge >= 0.3 is 6.03 Å². The molecule has 0 radical (unpaired) electrons. The third-order valence-electron chi connectivity index (χ3n) is 6.06. The first-order chi connectivity index (χ1) is 11.7. The monoisotopic (exact) mass is 350 g/mol. The second-order valence-corrected chi connectivity index (χ2v) is 8.75. The van der Waals surface area contributed by atoms with Crippen molar-refractivity contribution in [3.8, 4) is 0 Å². The van der Waals surface area contributed by atoms with Crippen molar-refractivity contribution >= 4 is 17.8 Å². The third-order valence-corrected chi connectivity index (χ3v) is 6.06. The van der Waals surface area contributed by atoms with Crippen LogP contribution in [0.5, 0.6) is 0 Å². The number of rotatable bonds is 2. The summed E-state index contributed by atoms with van der Waals surface area (Å²) in [6.45, 7) is 8.78. The molecule has 1 aliphatic carbocycles. The summed E-state index contributed by atoms with van der Waals surface area (Å²) in [5, 5.41) is 5.80. The number of imide groups is 1. The maximum atomic E-state index is 13.0. The first-order valence-corrected chi connectivity index (χ1v) is 9.34. The molecule has 2 aliphatic heterocycles. The van der Waals surface area contributed by atoms with Crippen LogP contribution in [0.15, 0.2) is 0 Å². The van der Waals surface area contributed by atoms with Crippen LogP contribution in [0.1, 0.15) is 52.9 Å². The maximum absolute atomic E-state index is 13.0. The van der Waals surface area contributed by atoms with E-state index in [0.29, 0.717) is 32.0 Å². The molecule has 140 valence electrons. The van der Waals surface area contributed by atoms with Gasteiger partial charge in [0.05, 0.1) is 6.67 Å². The molecule has 4 amide bonds. The summed E-state index contributed by atoms with van der Waals surface area (Å²) in [4.78, 5) is 40.2. The fourth-order valence-electron chi connectivity index (χ4n) is 4.27. The molecule has 0 aromatic carbocycles. The second-order valence-electron chi connectivity index (χ2n) is 8.75. The Bertz CT molecular complexity index is 561. The van der Waals surface area contributed by atoms with Gasteiger partial charge in [0, 0.05) is 26.1 Å². The second kappa shape index (κ2) is 6.59. The van der Waals surface area contributed by atoms with Gasteiger partial charge in [-0.25, -0.2) is 9.69 Å². The first kappa shape index (κ1) is 18.2. The average Bonchev–Trinajstić information content (AvgIpc) is 2.69. The Morgan fingerprint density at radius 1 is 1.12 bits per heavy atom. The lowest BCUT2D eigenvalue weighted by Crippen LogP contribution is -2.51. The predicted molar refractivity (Wildman–Crippen MR) is 93.6 cm³/mol. The van der Waals surface area contributed by atoms with Gasteiger partial charge in [-0.3, -0.25) is 14.5 Å². The minimum Gasteiger partial charge on any atom is -0.355 e. The molecule has 0 unspecified atom stereocenters. The standard InChI is InChI=1S/C18H30N4O3/c1-17(2,3)13-4-7-18(8-5-13)15(24)22(16(25)20-18)12-21-10-6-14(23)19-9-11-21/h13H,4-12H2,1-3H3,(H,19,23)(H,20,25). The molecule has 0 aromatic heterocycles. The molecular formula is C18H30N4O3. The summed E-state index contributed by atoms with van der Waals surface area (Å²) >= 11 is 0. The Hall–Kier alpha value is -1.63. The number of urea groups is 1. The van der Waals surface area contributed by atoms with E-state index >= 15 is 0 Å². The van der Waals surface area contributed by atoms with Gasteiger partial charge in [-0.1, -0.05) is 20.8 Å². The first-order valence-electron chi connectivity index (χ1n) is 9.34. The van der Waals surface area contributed by atoms with Crippen molar-refractivity contribution in [1.29, 1.82) is 0 Å². The van der Waals surface area contributed by atoms with Crippen LogP contribution in [-0.2, 0) is 9.59 Å². The highest BCUT2D eigenvalue weighted by Crippen LogP contribution is 2.43. The minimum atomic E-state index is -0.710. The van der Waals surface area contributed by atoms with Crippen molar-refractivity contribution in [2.45, 2.75) is 58.4 Å². The van der Waals surface area contributed by atoms with Gasteiger partial charge < -0.3 is 10.6 Å². The molecule has 25 heavy (non-hydrogen) atoms. The van der Waals surface area contributed by atoms with Crippen LogP contribution in [0, 0.1) is 11.3 Å². The van der Waals surface area contributed by atoms with E-state index in [2.05, 4.69) is 31.4 Å². The molecule has 2 heterocycles. The molecule has 1 spiro atoms. The lowest BCUT2D eigenvalue weighted by atomic mass is 9.67. The molecule has 2 saturated heterocycles. The minimum absolute atomic E-state index is 0.0247. The number of carbonyl (C=O) groups is 3. The normalized spacial score (nSPS) is 31.9. The number of hydrogen-bond donors (Lipinski definition) is 2. The zero-order chi connectivity index (χ0) is 18.2. The van der Waals surface area contributed by atoms with Crippen LogP contribution in [0.4, 0.5) is 4.79 Å². The topological polar surface area (TPSA) is 81.8 Å². The smallest absolute Gasteiger partial charge is 0.326 e. The zero-order valence-electron chi connectivity index (χ0n) is 15.6. The van der Waals surface area contributed by atoms with Crippen LogP contribution in [-0.4, -0.2) is 59.5 Å². The van der Waals surface area contributed by atoms with E-state index in [-0.39, 0.29) is 29.9 Å². The zero-order valence-corrected chi connectivity index (χ0v) is 15.6. The highest BCUT2D eigenvalue weighted by Gasteiger charge is 2.53. The largest absolute Gasteiger partial charge is 0.355 e. The molecule has 3 aliphatic rings. The molecule has 2 N–H and O–H groups in total. The molecule has 0 aromatic rings. The average molecular weight is 350 g/mol. The van der Waals surface area contributed by atoms with E-state index in [1.165, 1.54) is 4.90 Å². The summed E-state index contributed by atoms with van der Waals surface area (Å²) in [5.74, 6) is 0.518. The van der Waals surface area contributed by atoms with Gasteiger partial charge in [0.15, 0.2) is 0 Å². The van der Waals surface area contributed by atoms with Crippen LogP contribution in [0.2, 0.25) is 0 Å². The predicted octanol–water partition coefficient (Wildman–Crippen LogP) is 1.29. The molecule has 7 nitrogen and oxygen atoms in total. The van der Waals surface area contributed by atoms with E-state index in [9.17, 15) is 14.4 Å². The fourth-order valence-corrected chi connectivity index (χ4v) is 4.27. The van der Waals surface area contributed by atoms with Crippen molar-refractivity contribution in [2.24, 2.45) is 11.3 Å². The van der Waals surface area contributed by atoms with Crippen molar-refractivity contribution < 1.29 is 14.4 Å². The number of carbonyl (C=O) groups excluding carboxylic acids is 3. The van der Waals surface area contributed by atoms with Gasteiger partial charge in [0.1, 0.15) is 5.54 Å². The molecule has 0 bridgehead atoms.